The summed E-state index contributed by atoms with van der Waals surface area (Å²) in [5, 5.41) is 14.7. The van der Waals surface area contributed by atoms with Crippen LogP contribution in [-0.2, 0) is 0 Å². The largest absolute Gasteiger partial charge is 0.337 e. The van der Waals surface area contributed by atoms with Crippen LogP contribution in [0.2, 0.25) is 0 Å². The third-order valence-electron chi connectivity index (χ3n) is 3.35. The van der Waals surface area contributed by atoms with Crippen molar-refractivity contribution in [3.8, 4) is 0 Å². The lowest BCUT2D eigenvalue weighted by atomic mass is 10.1. The minimum atomic E-state index is -0.195. The van der Waals surface area contributed by atoms with E-state index in [2.05, 4.69) is 39.6 Å². The lowest BCUT2D eigenvalue weighted by Crippen LogP contribution is -2.35. The Morgan fingerprint density at radius 2 is 2.32 bits per heavy atom. The fourth-order valence-electron chi connectivity index (χ4n) is 2.22. The summed E-state index contributed by atoms with van der Waals surface area (Å²) in [5.74, 6) is 0.546. The first kappa shape index (κ1) is 14.2. The van der Waals surface area contributed by atoms with Gasteiger partial charge in [0.15, 0.2) is 0 Å². The van der Waals surface area contributed by atoms with Gasteiger partial charge in [-0.1, -0.05) is 11.3 Å². The standard InChI is InChI=1S/C12H21N5OS/c1-8(2)17-5-4-10(7-17)6-13-11(18)14-12-16-15-9(3)19-12/h8,10H,4-7H2,1-3H3,(H2,13,14,16,18). The maximum Gasteiger partial charge on any atom is 0.321 e. The number of anilines is 1. The Kier molecular flexibility index (Phi) is 4.71. The minimum absolute atomic E-state index is 0.195. The molecule has 7 heteroatoms. The van der Waals surface area contributed by atoms with Crippen LogP contribution in [-0.4, -0.2) is 46.8 Å². The van der Waals surface area contributed by atoms with Gasteiger partial charge in [-0.2, -0.15) is 0 Å². The molecule has 1 saturated heterocycles. The molecular weight excluding hydrogens is 262 g/mol. The predicted molar refractivity (Wildman–Crippen MR) is 76.5 cm³/mol. The van der Waals surface area contributed by atoms with Gasteiger partial charge in [-0.25, -0.2) is 4.79 Å². The monoisotopic (exact) mass is 283 g/mol. The zero-order valence-corrected chi connectivity index (χ0v) is 12.5. The van der Waals surface area contributed by atoms with Crippen molar-refractivity contribution in [3.63, 3.8) is 0 Å². The Bertz CT molecular complexity index is 434. The molecular formula is C12H21N5OS. The van der Waals surface area contributed by atoms with Gasteiger partial charge in [0.1, 0.15) is 5.01 Å². The zero-order chi connectivity index (χ0) is 13.8. The summed E-state index contributed by atoms with van der Waals surface area (Å²) in [6.07, 6.45) is 1.15. The van der Waals surface area contributed by atoms with Gasteiger partial charge < -0.3 is 10.2 Å². The van der Waals surface area contributed by atoms with Gasteiger partial charge in [-0.3, -0.25) is 5.32 Å². The molecule has 2 heterocycles. The SMILES string of the molecule is Cc1nnc(NC(=O)NCC2CCN(C(C)C)C2)s1. The van der Waals surface area contributed by atoms with Crippen molar-refractivity contribution in [2.45, 2.75) is 33.2 Å². The van der Waals surface area contributed by atoms with Crippen molar-refractivity contribution in [2.24, 2.45) is 5.92 Å². The van der Waals surface area contributed by atoms with Gasteiger partial charge in [0, 0.05) is 19.1 Å². The first-order chi connectivity index (χ1) is 9.04. The number of nitrogens with one attached hydrogen (secondary N) is 2. The van der Waals surface area contributed by atoms with Crippen LogP contribution < -0.4 is 10.6 Å². The van der Waals surface area contributed by atoms with E-state index in [1.165, 1.54) is 11.3 Å². The number of rotatable bonds is 4. The van der Waals surface area contributed by atoms with E-state index in [0.29, 0.717) is 23.6 Å². The van der Waals surface area contributed by atoms with Gasteiger partial charge in [0.05, 0.1) is 0 Å². The van der Waals surface area contributed by atoms with E-state index in [1.807, 2.05) is 6.92 Å². The average molecular weight is 283 g/mol. The predicted octanol–water partition coefficient (Wildman–Crippen LogP) is 1.70. The van der Waals surface area contributed by atoms with E-state index in [9.17, 15) is 4.79 Å². The van der Waals surface area contributed by atoms with Gasteiger partial charge in [-0.05, 0) is 39.7 Å². The van der Waals surface area contributed by atoms with Gasteiger partial charge in [0.2, 0.25) is 5.13 Å². The summed E-state index contributed by atoms with van der Waals surface area (Å²) in [7, 11) is 0. The average Bonchev–Trinajstić information content (AvgIpc) is 2.96. The van der Waals surface area contributed by atoms with Crippen LogP contribution in [0, 0.1) is 12.8 Å². The van der Waals surface area contributed by atoms with Crippen molar-refractivity contribution < 1.29 is 4.79 Å². The number of likely N-dealkylation sites (tertiary alicyclic amines) is 1. The number of nitrogens with zero attached hydrogens (tertiary/aromatic N) is 3. The van der Waals surface area contributed by atoms with Crippen LogP contribution in [0.15, 0.2) is 0 Å². The fourth-order valence-corrected chi connectivity index (χ4v) is 2.81. The van der Waals surface area contributed by atoms with Crippen molar-refractivity contribution in [1.82, 2.24) is 20.4 Å². The number of carbonyl (C=O) groups excluding carboxylic acids is 1. The fraction of sp³-hybridized carbons (Fsp3) is 0.750. The summed E-state index contributed by atoms with van der Waals surface area (Å²) in [6, 6.07) is 0.391. The Morgan fingerprint density at radius 1 is 1.53 bits per heavy atom. The van der Waals surface area contributed by atoms with E-state index in [4.69, 9.17) is 0 Å². The molecule has 2 amide bonds. The number of urea groups is 1. The van der Waals surface area contributed by atoms with Crippen molar-refractivity contribution >= 4 is 22.5 Å². The summed E-state index contributed by atoms with van der Waals surface area (Å²) in [4.78, 5) is 14.1. The van der Waals surface area contributed by atoms with Crippen molar-refractivity contribution in [2.75, 3.05) is 25.0 Å². The Labute approximate surface area is 117 Å². The highest BCUT2D eigenvalue weighted by atomic mass is 32.1. The highest BCUT2D eigenvalue weighted by Crippen LogP contribution is 2.18. The zero-order valence-electron chi connectivity index (χ0n) is 11.6. The maximum atomic E-state index is 11.7. The number of aromatic nitrogens is 2. The number of hydrogen-bond acceptors (Lipinski definition) is 5. The number of amides is 2. The second-order valence-corrected chi connectivity index (χ2v) is 6.39. The molecule has 0 spiro atoms. The molecule has 1 aliphatic rings. The summed E-state index contributed by atoms with van der Waals surface area (Å²) >= 11 is 1.38. The molecule has 0 radical (unpaired) electrons. The number of carbonyl (C=O) groups is 1. The number of aryl methyl sites for hydroxylation is 1. The van der Waals surface area contributed by atoms with Crippen LogP contribution in [0.1, 0.15) is 25.3 Å². The second-order valence-electron chi connectivity index (χ2n) is 5.20. The molecule has 6 nitrogen and oxygen atoms in total. The lowest BCUT2D eigenvalue weighted by molar-refractivity contribution is 0.247. The van der Waals surface area contributed by atoms with E-state index in [-0.39, 0.29) is 6.03 Å². The molecule has 1 aliphatic heterocycles. The molecule has 1 atom stereocenters. The molecule has 1 unspecified atom stereocenters. The van der Waals surface area contributed by atoms with E-state index >= 15 is 0 Å². The van der Waals surface area contributed by atoms with Crippen LogP contribution in [0.4, 0.5) is 9.93 Å². The Hall–Kier alpha value is -1.21. The second kappa shape index (κ2) is 6.29. The van der Waals surface area contributed by atoms with Crippen LogP contribution in [0.25, 0.3) is 0 Å². The molecule has 0 aliphatic carbocycles. The van der Waals surface area contributed by atoms with Gasteiger partial charge in [0.25, 0.3) is 0 Å². The molecule has 0 saturated carbocycles. The van der Waals surface area contributed by atoms with Gasteiger partial charge >= 0.3 is 6.03 Å². The van der Waals surface area contributed by atoms with E-state index in [1.54, 1.807) is 0 Å². The van der Waals surface area contributed by atoms with E-state index < -0.39 is 0 Å². The Morgan fingerprint density at radius 3 is 2.89 bits per heavy atom. The molecule has 0 aromatic carbocycles. The normalized spacial score (nSPS) is 19.9. The van der Waals surface area contributed by atoms with E-state index in [0.717, 1.165) is 24.5 Å². The molecule has 19 heavy (non-hydrogen) atoms. The van der Waals surface area contributed by atoms with Crippen LogP contribution in [0.5, 0.6) is 0 Å². The molecule has 1 aromatic heterocycles. The molecule has 106 valence electrons. The quantitative estimate of drug-likeness (QED) is 0.882. The summed E-state index contributed by atoms with van der Waals surface area (Å²) in [5.41, 5.74) is 0. The maximum absolute atomic E-state index is 11.7. The third-order valence-corrected chi connectivity index (χ3v) is 4.10. The van der Waals surface area contributed by atoms with Crippen LogP contribution in [0.3, 0.4) is 0 Å². The van der Waals surface area contributed by atoms with Crippen molar-refractivity contribution in [3.05, 3.63) is 5.01 Å². The lowest BCUT2D eigenvalue weighted by Gasteiger charge is -2.20. The summed E-state index contributed by atoms with van der Waals surface area (Å²) in [6.45, 7) is 9.18. The molecule has 2 N–H and O–H groups in total. The third kappa shape index (κ3) is 4.14. The topological polar surface area (TPSA) is 70.1 Å². The first-order valence-corrected chi connectivity index (χ1v) is 7.45. The Balaban J connectivity index is 1.70. The smallest absolute Gasteiger partial charge is 0.321 e. The number of hydrogen-bond donors (Lipinski definition) is 2. The summed E-state index contributed by atoms with van der Waals surface area (Å²) < 4.78 is 0. The van der Waals surface area contributed by atoms with Gasteiger partial charge in [-0.15, -0.1) is 10.2 Å². The highest BCUT2D eigenvalue weighted by molar-refractivity contribution is 7.15. The molecule has 1 aromatic rings. The first-order valence-electron chi connectivity index (χ1n) is 6.63. The molecule has 1 fully saturated rings. The highest BCUT2D eigenvalue weighted by Gasteiger charge is 2.24. The van der Waals surface area contributed by atoms with Crippen molar-refractivity contribution in [1.29, 1.82) is 0 Å². The minimum Gasteiger partial charge on any atom is -0.337 e. The molecule has 0 bridgehead atoms. The molecule has 2 rings (SSSR count). The van der Waals surface area contributed by atoms with Crippen LogP contribution >= 0.6 is 11.3 Å².